The lowest BCUT2D eigenvalue weighted by Gasteiger charge is -2.46. The third-order valence-corrected chi connectivity index (χ3v) is 23.3. The minimum Gasteiger partial charge on any atom is -0.310 e. The van der Waals surface area contributed by atoms with Gasteiger partial charge in [-0.3, -0.25) is 0 Å². The van der Waals surface area contributed by atoms with Crippen LogP contribution in [0.25, 0.3) is 142 Å². The zero-order valence-corrected chi connectivity index (χ0v) is 60.0. The highest BCUT2D eigenvalue weighted by atomic mass is 32.1. The van der Waals surface area contributed by atoms with Gasteiger partial charge in [0.1, 0.15) is 0 Å². The third kappa shape index (κ3) is 10.5. The fourth-order valence-corrected chi connectivity index (χ4v) is 18.4. The van der Waals surface area contributed by atoms with Gasteiger partial charge in [0.25, 0.3) is 6.71 Å². The molecule has 0 unspecified atom stereocenters. The fourth-order valence-electron chi connectivity index (χ4n) is 17.3. The van der Waals surface area contributed by atoms with Crippen molar-refractivity contribution >= 4 is 110 Å². The van der Waals surface area contributed by atoms with Crippen LogP contribution in [0.5, 0.6) is 0 Å². The Kier molecular flexibility index (Phi) is 15.1. The van der Waals surface area contributed by atoms with Crippen molar-refractivity contribution in [2.45, 2.75) is 26.2 Å². The molecular formula is C102H71BN2S. The standard InChI is InChI=1S/C102H71BN2S/c1-102(2,3)77-64-92-99-93(65-77)105(101-86(70-40-19-8-20-41-70)60-76(67-34-13-5-14-35-67)61-87(101)71-42-21-9-22-43-71)91-63-74(97-81-48-27-25-46-79(81)96(72-44-23-10-24-45-72)80-47-26-28-49-82(80)97)55-57-89(91)103(99)88-56-54-73(78-51-31-53-95-98(78)83-50-29-30-52-94(83)106-95)62-90(88)104(92)100-84(68-36-15-6-16-37-68)58-75(66-32-11-4-12-33-66)59-85(100)69-38-17-7-18-39-69/h4-65H,1-3H3. The number of nitrogens with zero attached hydrogens (tertiary/aromatic N) is 2. The molecule has 3 heterocycles. The van der Waals surface area contributed by atoms with Crippen molar-refractivity contribution in [3.63, 3.8) is 0 Å². The van der Waals surface area contributed by atoms with Crippen LogP contribution >= 0.6 is 11.3 Å². The molecule has 0 bridgehead atoms. The Morgan fingerprint density at radius 3 is 1.00 bits per heavy atom. The van der Waals surface area contributed by atoms with Crippen LogP contribution in [0.15, 0.2) is 376 Å². The van der Waals surface area contributed by atoms with Crippen LogP contribution in [0.1, 0.15) is 26.3 Å². The Bertz CT molecular complexity index is 6290. The molecule has 106 heavy (non-hydrogen) atoms. The van der Waals surface area contributed by atoms with Crippen molar-refractivity contribution in [3.05, 3.63) is 382 Å². The number of thiophene rings is 1. The maximum Gasteiger partial charge on any atom is 0.252 e. The van der Waals surface area contributed by atoms with Crippen LogP contribution in [0.4, 0.5) is 34.1 Å². The second-order valence-corrected chi connectivity index (χ2v) is 30.4. The lowest BCUT2D eigenvalue weighted by molar-refractivity contribution is 0.590. The molecule has 1 aromatic heterocycles. The van der Waals surface area contributed by atoms with Crippen molar-refractivity contribution in [1.82, 2.24) is 0 Å². The molecule has 20 rings (SSSR count). The molecule has 0 spiro atoms. The van der Waals surface area contributed by atoms with E-state index in [-0.39, 0.29) is 12.1 Å². The second kappa shape index (κ2) is 25.5. The highest BCUT2D eigenvalue weighted by molar-refractivity contribution is 7.26. The second-order valence-electron chi connectivity index (χ2n) is 29.3. The zero-order chi connectivity index (χ0) is 70.6. The van der Waals surface area contributed by atoms with Gasteiger partial charge in [-0.15, -0.1) is 11.3 Å². The molecule has 17 aromatic carbocycles. The summed E-state index contributed by atoms with van der Waals surface area (Å²) in [5.74, 6) is 0. The molecule has 2 aliphatic heterocycles. The summed E-state index contributed by atoms with van der Waals surface area (Å²) in [6.07, 6.45) is 0. The zero-order valence-electron chi connectivity index (χ0n) is 59.2. The summed E-state index contributed by atoms with van der Waals surface area (Å²) >= 11 is 1.88. The van der Waals surface area contributed by atoms with Gasteiger partial charge in [-0.2, -0.15) is 0 Å². The van der Waals surface area contributed by atoms with Crippen LogP contribution in [-0.2, 0) is 5.41 Å². The highest BCUT2D eigenvalue weighted by Crippen LogP contribution is 2.57. The van der Waals surface area contributed by atoms with Gasteiger partial charge in [0.15, 0.2) is 0 Å². The molecule has 0 radical (unpaired) electrons. The first-order valence-electron chi connectivity index (χ1n) is 36.9. The molecule has 2 nitrogen and oxygen atoms in total. The van der Waals surface area contributed by atoms with E-state index >= 15 is 0 Å². The molecule has 0 saturated carbocycles. The molecular weight excluding hydrogens is 1300 g/mol. The van der Waals surface area contributed by atoms with Gasteiger partial charge in [0.2, 0.25) is 0 Å². The lowest BCUT2D eigenvalue weighted by atomic mass is 9.33. The smallest absolute Gasteiger partial charge is 0.252 e. The average Bonchev–Trinajstić information content (AvgIpc) is 0.753. The number of hydrogen-bond donors (Lipinski definition) is 0. The van der Waals surface area contributed by atoms with Crippen molar-refractivity contribution in [3.8, 4) is 100 Å². The van der Waals surface area contributed by atoms with E-state index in [1.165, 1.54) is 91.5 Å². The Morgan fingerprint density at radius 2 is 0.585 bits per heavy atom. The summed E-state index contributed by atoms with van der Waals surface area (Å²) in [6, 6.07) is 142. The molecule has 0 N–H and O–H groups in total. The first kappa shape index (κ1) is 62.9. The number of benzene rings is 17. The summed E-state index contributed by atoms with van der Waals surface area (Å²) in [4.78, 5) is 5.47. The summed E-state index contributed by atoms with van der Waals surface area (Å²) < 4.78 is 2.57. The summed E-state index contributed by atoms with van der Waals surface area (Å²) in [5, 5.41) is 7.43. The van der Waals surface area contributed by atoms with Crippen molar-refractivity contribution in [2.24, 2.45) is 0 Å². The van der Waals surface area contributed by atoms with Gasteiger partial charge in [0.05, 0.1) is 11.4 Å². The van der Waals surface area contributed by atoms with E-state index in [1.807, 2.05) is 11.3 Å². The number of anilines is 6. The van der Waals surface area contributed by atoms with Gasteiger partial charge < -0.3 is 9.80 Å². The van der Waals surface area contributed by atoms with E-state index in [0.717, 1.165) is 106 Å². The van der Waals surface area contributed by atoms with Crippen LogP contribution in [0.3, 0.4) is 0 Å². The van der Waals surface area contributed by atoms with Gasteiger partial charge >= 0.3 is 0 Å². The largest absolute Gasteiger partial charge is 0.310 e. The summed E-state index contributed by atoms with van der Waals surface area (Å²) in [7, 11) is 0. The monoisotopic (exact) mass is 1370 g/mol. The van der Waals surface area contributed by atoms with Crippen LogP contribution in [0, 0.1) is 0 Å². The molecule has 0 atom stereocenters. The predicted octanol–water partition coefficient (Wildman–Crippen LogP) is 26.7. The third-order valence-electron chi connectivity index (χ3n) is 22.2. The normalized spacial score (nSPS) is 12.4. The van der Waals surface area contributed by atoms with E-state index in [2.05, 4.69) is 407 Å². The van der Waals surface area contributed by atoms with Crippen LogP contribution in [0.2, 0.25) is 0 Å². The summed E-state index contributed by atoms with van der Waals surface area (Å²) in [6.45, 7) is 6.95. The van der Waals surface area contributed by atoms with Crippen LogP contribution in [-0.4, -0.2) is 6.71 Å². The van der Waals surface area contributed by atoms with E-state index < -0.39 is 0 Å². The number of fused-ring (bicyclic) bond motifs is 9. The molecule has 0 aliphatic carbocycles. The molecule has 2 aliphatic rings. The van der Waals surface area contributed by atoms with Gasteiger partial charge in [-0.05, 0) is 187 Å². The van der Waals surface area contributed by atoms with Gasteiger partial charge in [-0.1, -0.05) is 336 Å². The minimum absolute atomic E-state index is 0.251. The Hall–Kier alpha value is -12.9. The molecule has 4 heteroatoms. The van der Waals surface area contributed by atoms with E-state index in [4.69, 9.17) is 0 Å². The number of rotatable bonds is 11. The Balaban J connectivity index is 0.966. The molecule has 0 saturated heterocycles. The Morgan fingerprint density at radius 1 is 0.245 bits per heavy atom. The molecule has 498 valence electrons. The van der Waals surface area contributed by atoms with E-state index in [9.17, 15) is 0 Å². The van der Waals surface area contributed by atoms with Crippen molar-refractivity contribution in [2.75, 3.05) is 9.80 Å². The first-order chi connectivity index (χ1) is 52.3. The van der Waals surface area contributed by atoms with Gasteiger partial charge in [0, 0.05) is 65.2 Å². The summed E-state index contributed by atoms with van der Waals surface area (Å²) in [5.41, 5.74) is 32.3. The molecule has 0 amide bonds. The average molecular weight is 1370 g/mol. The number of hydrogen-bond acceptors (Lipinski definition) is 3. The van der Waals surface area contributed by atoms with Crippen molar-refractivity contribution < 1.29 is 0 Å². The topological polar surface area (TPSA) is 6.48 Å². The maximum atomic E-state index is 2.74. The van der Waals surface area contributed by atoms with Gasteiger partial charge in [-0.25, -0.2) is 0 Å². The fraction of sp³-hybridized carbons (Fsp3) is 0.0392. The van der Waals surface area contributed by atoms with E-state index in [1.54, 1.807) is 0 Å². The van der Waals surface area contributed by atoms with Crippen LogP contribution < -0.4 is 26.2 Å². The lowest BCUT2D eigenvalue weighted by Crippen LogP contribution is -2.61. The predicted molar refractivity (Wildman–Crippen MR) is 456 cm³/mol. The molecule has 0 fully saturated rings. The minimum atomic E-state index is -0.347. The quantitative estimate of drug-likeness (QED) is 0.0941. The highest BCUT2D eigenvalue weighted by Gasteiger charge is 2.46. The first-order valence-corrected chi connectivity index (χ1v) is 37.7. The Labute approximate surface area is 623 Å². The molecule has 18 aromatic rings. The SMILES string of the molecule is CC(C)(C)c1cc2c3c(c1)N(c1c(-c4ccccc4)cc(-c4ccccc4)cc1-c1ccccc1)c1cc(-c4cccc5sc6ccccc6c45)ccc1B3c1ccc(-c3c4ccccc4c(-c4ccccc4)c4ccccc34)cc1N2c1c(-c2ccccc2)cc(-c2ccccc2)cc1-c1ccccc1. The van der Waals surface area contributed by atoms with Crippen molar-refractivity contribution in [1.29, 1.82) is 0 Å². The maximum absolute atomic E-state index is 2.74. The van der Waals surface area contributed by atoms with E-state index in [0.29, 0.717) is 0 Å².